The van der Waals surface area contributed by atoms with Crippen molar-refractivity contribution in [3.63, 3.8) is 0 Å². The fraction of sp³-hybridized carbons (Fsp3) is 0.467. The molecule has 3 heterocycles. The van der Waals surface area contributed by atoms with E-state index in [2.05, 4.69) is 44.6 Å². The summed E-state index contributed by atoms with van der Waals surface area (Å²) < 4.78 is 52.5. The lowest BCUT2D eigenvalue weighted by atomic mass is 9.86. The number of anilines is 1. The van der Waals surface area contributed by atoms with Crippen LogP contribution in [0.25, 0.3) is 16.9 Å². The van der Waals surface area contributed by atoms with E-state index in [1.165, 1.54) is 12.3 Å². The number of benzene rings is 1. The summed E-state index contributed by atoms with van der Waals surface area (Å²) in [6, 6.07) is 13.4. The first-order valence-electron chi connectivity index (χ1n) is 14.1. The Morgan fingerprint density at radius 1 is 1.10 bits per heavy atom. The molecule has 2 aliphatic carbocycles. The zero-order valence-corrected chi connectivity index (χ0v) is 24.2. The molecular weight excluding hydrogens is 565 g/mol. The largest absolute Gasteiger partial charge is 0.370 e. The van der Waals surface area contributed by atoms with Crippen LogP contribution in [-0.4, -0.2) is 60.9 Å². The van der Waals surface area contributed by atoms with Crippen LogP contribution in [0.1, 0.15) is 44.2 Å². The van der Waals surface area contributed by atoms with Crippen LogP contribution in [0.15, 0.2) is 48.8 Å². The third kappa shape index (κ3) is 7.01. The third-order valence-electron chi connectivity index (χ3n) is 8.00. The van der Waals surface area contributed by atoms with E-state index in [0.717, 1.165) is 47.1 Å². The zero-order chi connectivity index (χ0) is 29.9. The molecule has 1 saturated heterocycles. The summed E-state index contributed by atoms with van der Waals surface area (Å²) in [5, 5.41) is 15.8. The van der Waals surface area contributed by atoms with Gasteiger partial charge in [0.1, 0.15) is 11.4 Å². The van der Waals surface area contributed by atoms with Gasteiger partial charge in [0, 0.05) is 65.4 Å². The lowest BCUT2D eigenvalue weighted by molar-refractivity contribution is -0.132. The summed E-state index contributed by atoms with van der Waals surface area (Å²) >= 11 is 0. The van der Waals surface area contributed by atoms with E-state index >= 15 is 0 Å². The average Bonchev–Trinajstić information content (AvgIpc) is 3.65. The number of hydrogen-bond donors (Lipinski definition) is 1. The quantitative estimate of drug-likeness (QED) is 0.447. The summed E-state index contributed by atoms with van der Waals surface area (Å²) in [5.41, 5.74) is 3.44. The first kappa shape index (κ1) is 29.8. The Morgan fingerprint density at radius 3 is 2.40 bits per heavy atom. The Kier molecular flexibility index (Phi) is 8.68. The van der Waals surface area contributed by atoms with Gasteiger partial charge in [-0.3, -0.25) is 9.00 Å². The van der Waals surface area contributed by atoms with E-state index in [1.54, 1.807) is 16.9 Å². The van der Waals surface area contributed by atoms with E-state index in [0.29, 0.717) is 31.5 Å². The predicted molar refractivity (Wildman–Crippen MR) is 154 cm³/mol. The van der Waals surface area contributed by atoms with Crippen LogP contribution in [-0.2, 0) is 15.6 Å². The molecule has 3 fully saturated rings. The highest BCUT2D eigenvalue weighted by molar-refractivity contribution is 7.85. The zero-order valence-electron chi connectivity index (χ0n) is 23.4. The molecule has 3 aliphatic rings. The number of rotatable bonds is 5. The van der Waals surface area contributed by atoms with Crippen molar-refractivity contribution in [2.75, 3.05) is 29.5 Å². The van der Waals surface area contributed by atoms with Gasteiger partial charge in [0.15, 0.2) is 5.82 Å². The number of halogens is 3. The fourth-order valence-corrected chi connectivity index (χ4v) is 6.34. The molecule has 0 bridgehead atoms. The van der Waals surface area contributed by atoms with Crippen LogP contribution in [0.3, 0.4) is 0 Å². The summed E-state index contributed by atoms with van der Waals surface area (Å²) in [6.07, 6.45) is 4.65. The predicted octanol–water partition coefficient (Wildman–Crippen LogP) is 4.93. The summed E-state index contributed by atoms with van der Waals surface area (Å²) in [6.45, 7) is 3.64. The van der Waals surface area contributed by atoms with Gasteiger partial charge < -0.3 is 10.2 Å². The topological polar surface area (TPSA) is 104 Å². The van der Waals surface area contributed by atoms with Gasteiger partial charge in [0.05, 0.1) is 24.2 Å². The number of carbonyl (C=O) groups is 1. The number of amides is 1. The summed E-state index contributed by atoms with van der Waals surface area (Å²) in [5.74, 6) is -2.03. The minimum Gasteiger partial charge on any atom is -0.370 e. The standard InChI is InChI=1S/C19H19FN4OS.C11H14F2N2O/c1-14-18(13-22-24(14)19-7-4-16(20)12-21-19)15-2-5-17(6-3-15)23-8-10-26(25)11-9-23;12-11(13)3-1-2-8(6-11)9(16)15-10(7-14)4-5-10/h2-7,12-13H,8-11H2,1H3;8H,1-6H2,(H,15,16). The van der Waals surface area contributed by atoms with Gasteiger partial charge in [0.2, 0.25) is 11.8 Å². The molecule has 1 atom stereocenters. The smallest absolute Gasteiger partial charge is 0.248 e. The van der Waals surface area contributed by atoms with Gasteiger partial charge in [0.25, 0.3) is 0 Å². The third-order valence-corrected chi connectivity index (χ3v) is 9.27. The molecule has 0 spiro atoms. The average molecular weight is 599 g/mol. The molecule has 1 aliphatic heterocycles. The van der Waals surface area contributed by atoms with Gasteiger partial charge in [-0.05, 0) is 62.4 Å². The second-order valence-corrected chi connectivity index (χ2v) is 12.8. The minimum atomic E-state index is -2.72. The Balaban J connectivity index is 0.000000189. The number of nitrogens with one attached hydrogen (secondary N) is 1. The first-order valence-corrected chi connectivity index (χ1v) is 15.5. The second kappa shape index (κ2) is 12.3. The second-order valence-electron chi connectivity index (χ2n) is 11.1. The normalized spacial score (nSPS) is 21.0. The molecule has 8 nitrogen and oxygen atoms in total. The van der Waals surface area contributed by atoms with Gasteiger partial charge in [-0.15, -0.1) is 0 Å². The monoisotopic (exact) mass is 598 g/mol. The van der Waals surface area contributed by atoms with Crippen LogP contribution >= 0.6 is 0 Å². The molecule has 1 N–H and O–H groups in total. The SMILES string of the molecule is Cc1c(-c2ccc(N3CCS(=O)CC3)cc2)cnn1-c1ccc(F)cn1.N#CC1(NC(=O)C2CCCC(F)(F)C2)CC1. The van der Waals surface area contributed by atoms with E-state index in [4.69, 9.17) is 5.26 Å². The molecule has 0 radical (unpaired) electrons. The van der Waals surface area contributed by atoms with Crippen molar-refractivity contribution in [2.45, 2.75) is 56.9 Å². The molecule has 1 unspecified atom stereocenters. The summed E-state index contributed by atoms with van der Waals surface area (Å²) in [7, 11) is -0.671. The fourth-order valence-electron chi connectivity index (χ4n) is 5.29. The van der Waals surface area contributed by atoms with E-state index in [9.17, 15) is 22.2 Å². The number of hydrogen-bond acceptors (Lipinski definition) is 6. The van der Waals surface area contributed by atoms with Crippen molar-refractivity contribution in [1.82, 2.24) is 20.1 Å². The maximum absolute atomic E-state index is 13.1. The number of pyridine rings is 1. The molecule has 1 amide bonds. The molecule has 12 heteroatoms. The van der Waals surface area contributed by atoms with Crippen LogP contribution in [0.2, 0.25) is 0 Å². The van der Waals surface area contributed by atoms with Crippen molar-refractivity contribution in [3.05, 3.63) is 60.3 Å². The number of aromatic nitrogens is 3. The van der Waals surface area contributed by atoms with Crippen molar-refractivity contribution >= 4 is 22.4 Å². The van der Waals surface area contributed by atoms with Gasteiger partial charge in [-0.25, -0.2) is 22.8 Å². The number of carbonyl (C=O) groups excluding carboxylic acids is 1. The van der Waals surface area contributed by atoms with Crippen molar-refractivity contribution in [3.8, 4) is 23.0 Å². The molecular formula is C30H33F3N6O2S. The van der Waals surface area contributed by atoms with Gasteiger partial charge in [-0.1, -0.05) is 12.1 Å². The number of nitrogens with zero attached hydrogens (tertiary/aromatic N) is 5. The van der Waals surface area contributed by atoms with Crippen molar-refractivity contribution in [2.24, 2.45) is 5.92 Å². The highest BCUT2D eigenvalue weighted by Gasteiger charge is 2.47. The Bertz CT molecular complexity index is 1470. The van der Waals surface area contributed by atoms with E-state index < -0.39 is 28.2 Å². The minimum absolute atomic E-state index is 0.125. The molecule has 1 aromatic carbocycles. The Morgan fingerprint density at radius 2 is 1.81 bits per heavy atom. The highest BCUT2D eigenvalue weighted by Crippen LogP contribution is 2.39. The molecule has 2 saturated carbocycles. The molecule has 3 aromatic rings. The molecule has 6 rings (SSSR count). The molecule has 2 aromatic heterocycles. The van der Waals surface area contributed by atoms with Gasteiger partial charge >= 0.3 is 0 Å². The summed E-state index contributed by atoms with van der Waals surface area (Å²) in [4.78, 5) is 18.1. The maximum atomic E-state index is 13.1. The lowest BCUT2D eigenvalue weighted by Gasteiger charge is -2.28. The Labute approximate surface area is 245 Å². The highest BCUT2D eigenvalue weighted by atomic mass is 32.2. The molecule has 42 heavy (non-hydrogen) atoms. The van der Waals surface area contributed by atoms with Crippen LogP contribution in [0, 0.1) is 30.0 Å². The van der Waals surface area contributed by atoms with E-state index in [1.807, 2.05) is 13.0 Å². The van der Waals surface area contributed by atoms with Crippen molar-refractivity contribution in [1.29, 1.82) is 5.26 Å². The Hall–Kier alpha value is -3.72. The van der Waals surface area contributed by atoms with Crippen LogP contribution in [0.4, 0.5) is 18.9 Å². The van der Waals surface area contributed by atoms with Gasteiger partial charge in [-0.2, -0.15) is 10.4 Å². The lowest BCUT2D eigenvalue weighted by Crippen LogP contribution is -2.43. The maximum Gasteiger partial charge on any atom is 0.248 e. The van der Waals surface area contributed by atoms with Crippen LogP contribution in [0.5, 0.6) is 0 Å². The van der Waals surface area contributed by atoms with Crippen LogP contribution < -0.4 is 10.2 Å². The number of nitriles is 1. The number of alkyl halides is 2. The first-order chi connectivity index (χ1) is 20.1. The van der Waals surface area contributed by atoms with Crippen molar-refractivity contribution < 1.29 is 22.2 Å². The van der Waals surface area contributed by atoms with E-state index in [-0.39, 0.29) is 24.6 Å². The molecule has 222 valence electrons.